The van der Waals surface area contributed by atoms with Crippen LogP contribution in [0.1, 0.15) is 54.5 Å². The molecule has 0 saturated carbocycles. The largest absolute Gasteiger partial charge is 0.489 e. The number of halogens is 2. The normalized spacial score (nSPS) is 11.0. The third-order valence-corrected chi connectivity index (χ3v) is 16.5. The van der Waals surface area contributed by atoms with Crippen LogP contribution in [0, 0.1) is 0 Å². The summed E-state index contributed by atoms with van der Waals surface area (Å²) in [7, 11) is 0. The summed E-state index contributed by atoms with van der Waals surface area (Å²) in [5.41, 5.74) is 11.8. The van der Waals surface area contributed by atoms with Crippen molar-refractivity contribution in [2.24, 2.45) is 0 Å². The molecule has 82 heavy (non-hydrogen) atoms. The highest BCUT2D eigenvalue weighted by Gasteiger charge is 2.24. The van der Waals surface area contributed by atoms with Gasteiger partial charge in [-0.3, -0.25) is 0 Å². The van der Waals surface area contributed by atoms with Crippen LogP contribution in [0.2, 0.25) is 0 Å². The standard InChI is InChI=1S/C70H54Br2N2O6S2/c1-47(63-31-33-65(71)81-63)67-68(48(2)64-32-34-66(72)82-64)74-70(56-25-29-58(30-26-56)76-46-54-37-61(79-43-51-19-11-5-12-20-51)40-62(38-54)80-44-52-21-13-6-14-22-52)69(73-67)55-23-27-57(28-24-55)75-45-53-35-59(77-41-49-15-7-3-8-16-49)39-60(36-53)78-42-50-17-9-4-10-18-50/h3-40H,1-2,41-46H2. The van der Waals surface area contributed by atoms with Crippen molar-refractivity contribution >= 4 is 65.7 Å². The van der Waals surface area contributed by atoms with Gasteiger partial charge in [0, 0.05) is 44.2 Å². The van der Waals surface area contributed by atoms with Gasteiger partial charge in [-0.25, -0.2) is 9.97 Å². The Morgan fingerprint density at radius 1 is 0.317 bits per heavy atom. The topological polar surface area (TPSA) is 81.2 Å². The van der Waals surface area contributed by atoms with E-state index in [9.17, 15) is 0 Å². The minimum Gasteiger partial charge on any atom is -0.489 e. The summed E-state index contributed by atoms with van der Waals surface area (Å²) in [6, 6.07) is 76.3. The van der Waals surface area contributed by atoms with E-state index >= 15 is 0 Å². The number of hydrogen-bond donors (Lipinski definition) is 0. The van der Waals surface area contributed by atoms with Gasteiger partial charge in [-0.15, -0.1) is 22.7 Å². The van der Waals surface area contributed by atoms with Gasteiger partial charge in [0.25, 0.3) is 0 Å². The molecule has 0 radical (unpaired) electrons. The molecule has 11 aromatic rings. The van der Waals surface area contributed by atoms with Gasteiger partial charge in [0.1, 0.15) is 74.1 Å². The van der Waals surface area contributed by atoms with E-state index in [1.54, 1.807) is 22.7 Å². The van der Waals surface area contributed by atoms with Crippen molar-refractivity contribution in [3.05, 3.63) is 306 Å². The van der Waals surface area contributed by atoms with E-state index in [4.69, 9.17) is 38.4 Å². The smallest absolute Gasteiger partial charge is 0.123 e. The summed E-state index contributed by atoms with van der Waals surface area (Å²) < 4.78 is 40.2. The molecule has 0 aliphatic carbocycles. The fraction of sp³-hybridized carbons (Fsp3) is 0.0857. The number of rotatable bonds is 24. The van der Waals surface area contributed by atoms with Crippen LogP contribution in [0.15, 0.2) is 251 Å². The number of thiophene rings is 2. The van der Waals surface area contributed by atoms with Crippen molar-refractivity contribution in [2.45, 2.75) is 39.6 Å². The lowest BCUT2D eigenvalue weighted by Gasteiger charge is -2.18. The molecule has 0 saturated heterocycles. The van der Waals surface area contributed by atoms with Gasteiger partial charge in [-0.2, -0.15) is 0 Å². The number of ether oxygens (including phenoxy) is 6. The van der Waals surface area contributed by atoms with Gasteiger partial charge in [0.15, 0.2) is 0 Å². The zero-order chi connectivity index (χ0) is 56.0. The van der Waals surface area contributed by atoms with E-state index in [0.29, 0.717) is 83.7 Å². The lowest BCUT2D eigenvalue weighted by molar-refractivity contribution is 0.281. The zero-order valence-electron chi connectivity index (χ0n) is 44.5. The predicted octanol–water partition coefficient (Wildman–Crippen LogP) is 19.1. The first-order valence-electron chi connectivity index (χ1n) is 26.4. The van der Waals surface area contributed by atoms with Crippen LogP contribution in [0.25, 0.3) is 33.7 Å². The summed E-state index contributed by atoms with van der Waals surface area (Å²) in [5.74, 6) is 4.10. The van der Waals surface area contributed by atoms with E-state index in [0.717, 1.165) is 73.0 Å². The van der Waals surface area contributed by atoms with Crippen molar-refractivity contribution in [3.63, 3.8) is 0 Å². The highest BCUT2D eigenvalue weighted by Crippen LogP contribution is 2.41. The second kappa shape index (κ2) is 26.8. The molecule has 0 aliphatic rings. The molecule has 12 heteroatoms. The molecule has 0 atom stereocenters. The Bertz CT molecular complexity index is 3550. The van der Waals surface area contributed by atoms with Crippen LogP contribution in [-0.2, 0) is 39.6 Å². The summed E-state index contributed by atoms with van der Waals surface area (Å²) in [6.07, 6.45) is 0. The van der Waals surface area contributed by atoms with Crippen molar-refractivity contribution in [1.29, 1.82) is 0 Å². The Hall–Kier alpha value is -8.52. The number of aromatic nitrogens is 2. The Labute approximate surface area is 502 Å². The quantitative estimate of drug-likeness (QED) is 0.0592. The molecule has 8 nitrogen and oxygen atoms in total. The van der Waals surface area contributed by atoms with E-state index in [2.05, 4.69) is 45.0 Å². The van der Waals surface area contributed by atoms with E-state index < -0.39 is 0 Å². The molecule has 11 rings (SSSR count). The van der Waals surface area contributed by atoms with Gasteiger partial charge in [0.2, 0.25) is 0 Å². The summed E-state index contributed by atoms with van der Waals surface area (Å²) in [4.78, 5) is 12.9. The first kappa shape index (κ1) is 55.4. The van der Waals surface area contributed by atoms with Crippen molar-refractivity contribution in [1.82, 2.24) is 9.97 Å². The van der Waals surface area contributed by atoms with Crippen LogP contribution in [0.5, 0.6) is 34.5 Å². The molecule has 8 aromatic carbocycles. The summed E-state index contributed by atoms with van der Waals surface area (Å²) in [5, 5.41) is 0. The van der Waals surface area contributed by atoms with E-state index in [1.807, 2.05) is 231 Å². The monoisotopic (exact) mass is 1240 g/mol. The number of nitrogens with zero attached hydrogens (tertiary/aromatic N) is 2. The minimum atomic E-state index is 0.274. The third kappa shape index (κ3) is 14.7. The third-order valence-electron chi connectivity index (χ3n) is 13.1. The Morgan fingerprint density at radius 2 is 0.598 bits per heavy atom. The number of hydrogen-bond acceptors (Lipinski definition) is 10. The van der Waals surface area contributed by atoms with Crippen LogP contribution >= 0.6 is 54.5 Å². The zero-order valence-corrected chi connectivity index (χ0v) is 49.3. The molecule has 3 heterocycles. The Morgan fingerprint density at radius 3 is 0.878 bits per heavy atom. The summed E-state index contributed by atoms with van der Waals surface area (Å²) in [6.45, 7) is 11.4. The van der Waals surface area contributed by atoms with Crippen LogP contribution < -0.4 is 28.4 Å². The average Bonchev–Trinajstić information content (AvgIpc) is 4.07. The fourth-order valence-electron chi connectivity index (χ4n) is 8.92. The minimum absolute atomic E-state index is 0.274. The molecule has 3 aromatic heterocycles. The molecular formula is C70H54Br2N2O6S2. The maximum atomic E-state index is 6.49. The first-order valence-corrected chi connectivity index (χ1v) is 29.7. The van der Waals surface area contributed by atoms with Gasteiger partial charge < -0.3 is 28.4 Å². The molecule has 0 unspecified atom stereocenters. The molecule has 0 amide bonds. The lowest BCUT2D eigenvalue weighted by atomic mass is 9.99. The van der Waals surface area contributed by atoms with Gasteiger partial charge in [0.05, 0.1) is 30.3 Å². The number of benzene rings is 8. The van der Waals surface area contributed by atoms with E-state index in [1.165, 1.54) is 0 Å². The summed E-state index contributed by atoms with van der Waals surface area (Å²) >= 11 is 10.5. The highest BCUT2D eigenvalue weighted by atomic mass is 79.9. The molecule has 0 N–H and O–H groups in total. The van der Waals surface area contributed by atoms with Crippen LogP contribution in [-0.4, -0.2) is 9.97 Å². The molecule has 0 aliphatic heterocycles. The molecule has 0 fully saturated rings. The van der Waals surface area contributed by atoms with Crippen molar-refractivity contribution < 1.29 is 28.4 Å². The van der Waals surface area contributed by atoms with Gasteiger partial charge in [-0.1, -0.05) is 134 Å². The maximum Gasteiger partial charge on any atom is 0.123 e. The molecule has 0 bridgehead atoms. The lowest BCUT2D eigenvalue weighted by Crippen LogP contribution is -2.06. The highest BCUT2D eigenvalue weighted by molar-refractivity contribution is 9.11. The van der Waals surface area contributed by atoms with Crippen molar-refractivity contribution in [2.75, 3.05) is 0 Å². The average molecular weight is 1240 g/mol. The van der Waals surface area contributed by atoms with Crippen LogP contribution in [0.4, 0.5) is 0 Å². The molecule has 406 valence electrons. The first-order chi connectivity index (χ1) is 40.2. The Balaban J connectivity index is 0.882. The second-order valence-electron chi connectivity index (χ2n) is 19.1. The van der Waals surface area contributed by atoms with Crippen molar-refractivity contribution in [3.8, 4) is 57.0 Å². The van der Waals surface area contributed by atoms with Gasteiger partial charge >= 0.3 is 0 Å². The Kier molecular flexibility index (Phi) is 18.1. The van der Waals surface area contributed by atoms with Crippen LogP contribution in [0.3, 0.4) is 0 Å². The second-order valence-corrected chi connectivity index (χ2v) is 24.1. The fourth-order valence-corrected chi connectivity index (χ4v) is 11.6. The molecular weight excluding hydrogens is 1190 g/mol. The SMILES string of the molecule is C=C(c1ccc(Br)s1)c1nc(-c2ccc(OCc3cc(OCc4ccccc4)cc(OCc4ccccc4)c3)cc2)c(-c2ccc(OCc3cc(OCc4ccccc4)cc(OCc4ccccc4)c3)cc2)nc1C(=C)c1ccc(Br)s1. The molecule has 0 spiro atoms. The maximum absolute atomic E-state index is 6.49. The van der Waals surface area contributed by atoms with E-state index in [-0.39, 0.29) is 13.2 Å². The predicted molar refractivity (Wildman–Crippen MR) is 338 cm³/mol. The van der Waals surface area contributed by atoms with Gasteiger partial charge in [-0.05, 0) is 162 Å².